The SMILES string of the molecule is COCCOCCOCCNC(CO)(CO)CO. The van der Waals surface area contributed by atoms with Gasteiger partial charge in [0.25, 0.3) is 0 Å². The fraction of sp³-hybridized carbons (Fsp3) is 1.00. The number of aliphatic hydroxyl groups excluding tert-OH is 3. The Morgan fingerprint density at radius 1 is 0.833 bits per heavy atom. The van der Waals surface area contributed by atoms with Crippen molar-refractivity contribution in [3.63, 3.8) is 0 Å². The van der Waals surface area contributed by atoms with Gasteiger partial charge in [0.1, 0.15) is 0 Å². The maximum Gasteiger partial charge on any atom is 0.0882 e. The Kier molecular flexibility index (Phi) is 11.6. The van der Waals surface area contributed by atoms with Gasteiger partial charge in [-0.05, 0) is 0 Å². The number of nitrogens with one attached hydrogen (secondary N) is 1. The van der Waals surface area contributed by atoms with E-state index in [1.807, 2.05) is 0 Å². The molecule has 0 aliphatic heterocycles. The van der Waals surface area contributed by atoms with Crippen LogP contribution in [0, 0.1) is 0 Å². The molecule has 0 amide bonds. The van der Waals surface area contributed by atoms with Crippen molar-refractivity contribution in [2.24, 2.45) is 0 Å². The molecule has 110 valence electrons. The van der Waals surface area contributed by atoms with E-state index in [-0.39, 0.29) is 19.8 Å². The van der Waals surface area contributed by atoms with Gasteiger partial charge in [-0.1, -0.05) is 0 Å². The van der Waals surface area contributed by atoms with Gasteiger partial charge in [0.15, 0.2) is 0 Å². The van der Waals surface area contributed by atoms with Gasteiger partial charge < -0.3 is 34.8 Å². The third kappa shape index (κ3) is 7.93. The molecule has 0 aliphatic carbocycles. The molecular formula is C11H25NO6. The predicted octanol–water partition coefficient (Wildman–Crippen LogP) is -2.03. The van der Waals surface area contributed by atoms with Crippen LogP contribution >= 0.6 is 0 Å². The Bertz CT molecular complexity index is 169. The molecule has 18 heavy (non-hydrogen) atoms. The number of methoxy groups -OCH3 is 1. The van der Waals surface area contributed by atoms with Crippen LogP contribution in [0.4, 0.5) is 0 Å². The van der Waals surface area contributed by atoms with Crippen molar-refractivity contribution in [1.82, 2.24) is 5.32 Å². The molecule has 0 fully saturated rings. The Morgan fingerprint density at radius 3 is 1.83 bits per heavy atom. The van der Waals surface area contributed by atoms with Gasteiger partial charge >= 0.3 is 0 Å². The quantitative estimate of drug-likeness (QED) is 0.286. The first-order chi connectivity index (χ1) is 8.74. The standard InChI is InChI=1S/C11H25NO6/c1-16-4-5-18-7-6-17-3-2-12-11(8-13,9-14)10-15/h12-15H,2-10H2,1H3. The Labute approximate surface area is 108 Å². The molecule has 0 spiro atoms. The van der Waals surface area contributed by atoms with Crippen molar-refractivity contribution < 1.29 is 29.5 Å². The lowest BCUT2D eigenvalue weighted by molar-refractivity contribution is 0.0147. The highest BCUT2D eigenvalue weighted by Gasteiger charge is 2.26. The lowest BCUT2D eigenvalue weighted by atomic mass is 10.0. The zero-order valence-corrected chi connectivity index (χ0v) is 10.9. The number of hydrogen-bond donors (Lipinski definition) is 4. The van der Waals surface area contributed by atoms with Gasteiger partial charge in [-0.25, -0.2) is 0 Å². The van der Waals surface area contributed by atoms with E-state index in [1.165, 1.54) is 0 Å². The summed E-state index contributed by atoms with van der Waals surface area (Å²) in [5, 5.41) is 30.0. The minimum absolute atomic E-state index is 0.333. The lowest BCUT2D eigenvalue weighted by Crippen LogP contribution is -2.55. The fourth-order valence-electron chi connectivity index (χ4n) is 1.17. The smallest absolute Gasteiger partial charge is 0.0882 e. The molecule has 0 aromatic rings. The van der Waals surface area contributed by atoms with E-state index in [0.717, 1.165) is 0 Å². The molecule has 0 rings (SSSR count). The van der Waals surface area contributed by atoms with Crippen LogP contribution in [0.2, 0.25) is 0 Å². The summed E-state index contributed by atoms with van der Waals surface area (Å²) in [5.74, 6) is 0. The van der Waals surface area contributed by atoms with Crippen LogP contribution in [0.15, 0.2) is 0 Å². The van der Waals surface area contributed by atoms with Gasteiger partial charge in [0, 0.05) is 13.7 Å². The van der Waals surface area contributed by atoms with Crippen molar-refractivity contribution in [2.45, 2.75) is 5.54 Å². The summed E-state index contributed by atoms with van der Waals surface area (Å²) in [6.07, 6.45) is 0. The Balaban J connectivity index is 3.38. The van der Waals surface area contributed by atoms with Crippen LogP contribution in [0.5, 0.6) is 0 Å². The normalized spacial score (nSPS) is 12.0. The number of rotatable bonds is 13. The maximum absolute atomic E-state index is 9.04. The molecule has 0 atom stereocenters. The zero-order chi connectivity index (χ0) is 13.7. The molecule has 0 aliphatic rings. The van der Waals surface area contributed by atoms with Gasteiger partial charge in [-0.3, -0.25) is 0 Å². The predicted molar refractivity (Wildman–Crippen MR) is 65.5 cm³/mol. The van der Waals surface area contributed by atoms with Crippen LogP contribution in [-0.4, -0.2) is 87.4 Å². The van der Waals surface area contributed by atoms with Crippen molar-refractivity contribution in [1.29, 1.82) is 0 Å². The monoisotopic (exact) mass is 267 g/mol. The highest BCUT2D eigenvalue weighted by atomic mass is 16.5. The Morgan fingerprint density at radius 2 is 1.33 bits per heavy atom. The maximum atomic E-state index is 9.04. The molecule has 0 saturated heterocycles. The molecule has 0 radical (unpaired) electrons. The van der Waals surface area contributed by atoms with Crippen molar-refractivity contribution in [3.05, 3.63) is 0 Å². The summed E-state index contributed by atoms with van der Waals surface area (Å²) in [7, 11) is 1.61. The van der Waals surface area contributed by atoms with E-state index in [1.54, 1.807) is 7.11 Å². The minimum atomic E-state index is -1.04. The third-order valence-corrected chi connectivity index (χ3v) is 2.46. The molecule has 7 nitrogen and oxygen atoms in total. The molecule has 0 aromatic carbocycles. The van der Waals surface area contributed by atoms with E-state index >= 15 is 0 Å². The topological polar surface area (TPSA) is 100 Å². The highest BCUT2D eigenvalue weighted by molar-refractivity contribution is 4.85. The molecule has 0 unspecified atom stereocenters. The van der Waals surface area contributed by atoms with Crippen LogP contribution < -0.4 is 5.32 Å². The fourth-order valence-corrected chi connectivity index (χ4v) is 1.17. The van der Waals surface area contributed by atoms with E-state index < -0.39 is 5.54 Å². The second-order valence-electron chi connectivity index (χ2n) is 3.90. The summed E-state index contributed by atoms with van der Waals surface area (Å²) in [4.78, 5) is 0. The molecule has 7 heteroatoms. The molecule has 0 heterocycles. The van der Waals surface area contributed by atoms with E-state index in [0.29, 0.717) is 39.6 Å². The molecule has 0 bridgehead atoms. The van der Waals surface area contributed by atoms with Gasteiger partial charge in [0.2, 0.25) is 0 Å². The van der Waals surface area contributed by atoms with Crippen LogP contribution in [-0.2, 0) is 14.2 Å². The Hall–Kier alpha value is -0.280. The van der Waals surface area contributed by atoms with Crippen molar-refractivity contribution in [2.75, 3.05) is 66.5 Å². The van der Waals surface area contributed by atoms with Crippen molar-refractivity contribution >= 4 is 0 Å². The molecule has 4 N–H and O–H groups in total. The first-order valence-corrected chi connectivity index (χ1v) is 5.96. The van der Waals surface area contributed by atoms with Gasteiger partial charge in [-0.2, -0.15) is 0 Å². The van der Waals surface area contributed by atoms with Crippen LogP contribution in [0.25, 0.3) is 0 Å². The largest absolute Gasteiger partial charge is 0.394 e. The number of aliphatic hydroxyl groups is 3. The minimum Gasteiger partial charge on any atom is -0.394 e. The number of hydrogen-bond acceptors (Lipinski definition) is 7. The summed E-state index contributed by atoms with van der Waals surface area (Å²) in [5.41, 5.74) is -1.04. The average Bonchev–Trinajstić information content (AvgIpc) is 2.42. The second kappa shape index (κ2) is 11.8. The van der Waals surface area contributed by atoms with Gasteiger partial charge in [-0.15, -0.1) is 0 Å². The first-order valence-electron chi connectivity index (χ1n) is 5.96. The lowest BCUT2D eigenvalue weighted by Gasteiger charge is -2.28. The van der Waals surface area contributed by atoms with Gasteiger partial charge in [0.05, 0.1) is 58.4 Å². The van der Waals surface area contributed by atoms with E-state index in [9.17, 15) is 0 Å². The molecule has 0 saturated carbocycles. The van der Waals surface area contributed by atoms with Crippen LogP contribution in [0.3, 0.4) is 0 Å². The summed E-state index contributed by atoms with van der Waals surface area (Å²) in [6, 6.07) is 0. The van der Waals surface area contributed by atoms with Crippen molar-refractivity contribution in [3.8, 4) is 0 Å². The second-order valence-corrected chi connectivity index (χ2v) is 3.90. The average molecular weight is 267 g/mol. The highest BCUT2D eigenvalue weighted by Crippen LogP contribution is 2.00. The summed E-state index contributed by atoms with van der Waals surface area (Å²) >= 11 is 0. The number of ether oxygens (including phenoxy) is 3. The van der Waals surface area contributed by atoms with E-state index in [4.69, 9.17) is 29.5 Å². The summed E-state index contributed by atoms with van der Waals surface area (Å²) < 4.78 is 15.3. The van der Waals surface area contributed by atoms with E-state index in [2.05, 4.69) is 5.32 Å². The molecular weight excluding hydrogens is 242 g/mol. The molecule has 0 aromatic heterocycles. The summed E-state index contributed by atoms with van der Waals surface area (Å²) in [6.45, 7) is 1.91. The van der Waals surface area contributed by atoms with Crippen LogP contribution in [0.1, 0.15) is 0 Å². The first kappa shape index (κ1) is 17.7. The third-order valence-electron chi connectivity index (χ3n) is 2.46. The zero-order valence-electron chi connectivity index (χ0n) is 10.9.